The van der Waals surface area contributed by atoms with Crippen LogP contribution < -0.4 is 14.8 Å². The molecule has 1 aliphatic carbocycles. The maximum Gasteiger partial charge on any atom is 0.312 e. The Labute approximate surface area is 196 Å². The lowest BCUT2D eigenvalue weighted by molar-refractivity contribution is -0.386. The summed E-state index contributed by atoms with van der Waals surface area (Å²) in [6, 6.07) is 13.0. The van der Waals surface area contributed by atoms with Gasteiger partial charge in [-0.15, -0.1) is 0 Å². The summed E-state index contributed by atoms with van der Waals surface area (Å²) >= 11 is 0. The van der Waals surface area contributed by atoms with Crippen LogP contribution in [-0.2, 0) is 6.54 Å². The quantitative estimate of drug-likeness (QED) is 0.418. The van der Waals surface area contributed by atoms with Gasteiger partial charge < -0.3 is 14.8 Å². The molecule has 9 heteroatoms. The predicted molar refractivity (Wildman–Crippen MR) is 124 cm³/mol. The minimum absolute atomic E-state index is 0.0428. The van der Waals surface area contributed by atoms with Crippen molar-refractivity contribution in [2.75, 3.05) is 13.2 Å². The third-order valence-electron chi connectivity index (χ3n) is 6.38. The van der Waals surface area contributed by atoms with Crippen molar-refractivity contribution in [1.29, 1.82) is 0 Å². The third kappa shape index (κ3) is 4.33. The summed E-state index contributed by atoms with van der Waals surface area (Å²) in [5.41, 5.74) is 3.43. The SMILES string of the molecule is Cc1nn(Cc2ccc(C(=O)NC(c3ccc4c(c3)OCCO4)C3CC3)cc2)c(C)c1[N+](=O)[O-]. The number of hydrogen-bond donors (Lipinski definition) is 1. The number of carbonyl (C=O) groups excluding carboxylic acids is 1. The minimum Gasteiger partial charge on any atom is -0.486 e. The van der Waals surface area contributed by atoms with E-state index in [2.05, 4.69) is 10.4 Å². The van der Waals surface area contributed by atoms with Gasteiger partial charge in [-0.25, -0.2) is 0 Å². The van der Waals surface area contributed by atoms with Gasteiger partial charge in [0.05, 0.1) is 17.5 Å². The van der Waals surface area contributed by atoms with E-state index in [1.807, 2.05) is 30.3 Å². The fourth-order valence-corrected chi connectivity index (χ4v) is 4.42. The topological polar surface area (TPSA) is 109 Å². The Kier molecular flexibility index (Phi) is 5.69. The molecule has 1 N–H and O–H groups in total. The molecule has 0 radical (unpaired) electrons. The first-order valence-electron chi connectivity index (χ1n) is 11.4. The number of nitro groups is 1. The molecule has 176 valence electrons. The molecule has 0 spiro atoms. The highest BCUT2D eigenvalue weighted by atomic mass is 16.6. The first-order valence-corrected chi connectivity index (χ1v) is 11.4. The van der Waals surface area contributed by atoms with Crippen molar-refractivity contribution in [3.05, 3.63) is 80.7 Å². The maximum atomic E-state index is 13.0. The Morgan fingerprint density at radius 1 is 1.15 bits per heavy atom. The molecule has 0 saturated heterocycles. The number of amides is 1. The Morgan fingerprint density at radius 3 is 2.50 bits per heavy atom. The van der Waals surface area contributed by atoms with Crippen molar-refractivity contribution in [3.8, 4) is 11.5 Å². The van der Waals surface area contributed by atoms with Crippen molar-refractivity contribution >= 4 is 11.6 Å². The molecule has 9 nitrogen and oxygen atoms in total. The first kappa shape index (κ1) is 21.9. The number of rotatable bonds is 7. The van der Waals surface area contributed by atoms with Gasteiger partial charge in [0.2, 0.25) is 0 Å². The lowest BCUT2D eigenvalue weighted by Crippen LogP contribution is -2.30. The van der Waals surface area contributed by atoms with Crippen LogP contribution in [0.5, 0.6) is 11.5 Å². The summed E-state index contributed by atoms with van der Waals surface area (Å²) in [7, 11) is 0. The second-order valence-corrected chi connectivity index (χ2v) is 8.82. The molecule has 1 unspecified atom stereocenters. The minimum atomic E-state index is -0.403. The van der Waals surface area contributed by atoms with E-state index in [9.17, 15) is 14.9 Å². The average Bonchev–Trinajstić information content (AvgIpc) is 3.63. The summed E-state index contributed by atoms with van der Waals surface area (Å²) in [5, 5.41) is 18.7. The fraction of sp³-hybridized carbons (Fsp3) is 0.360. The largest absolute Gasteiger partial charge is 0.486 e. The number of carbonyl (C=O) groups is 1. The molecule has 3 aromatic rings. The summed E-state index contributed by atoms with van der Waals surface area (Å²) < 4.78 is 12.9. The van der Waals surface area contributed by atoms with Crippen LogP contribution in [0.25, 0.3) is 0 Å². The number of fused-ring (bicyclic) bond motifs is 1. The molecular weight excluding hydrogens is 436 g/mol. The number of nitrogens with one attached hydrogen (secondary N) is 1. The van der Waals surface area contributed by atoms with Crippen LogP contribution in [0.15, 0.2) is 42.5 Å². The smallest absolute Gasteiger partial charge is 0.312 e. The van der Waals surface area contributed by atoms with Crippen LogP contribution in [0.1, 0.15) is 51.8 Å². The zero-order chi connectivity index (χ0) is 23.8. The summed E-state index contributed by atoms with van der Waals surface area (Å²) in [6.07, 6.45) is 2.15. The Morgan fingerprint density at radius 2 is 1.85 bits per heavy atom. The van der Waals surface area contributed by atoms with E-state index in [0.717, 1.165) is 35.5 Å². The molecule has 5 rings (SSSR count). The van der Waals surface area contributed by atoms with Crippen LogP contribution in [0.3, 0.4) is 0 Å². The molecule has 1 aromatic heterocycles. The number of benzene rings is 2. The lowest BCUT2D eigenvalue weighted by atomic mass is 10.0. The van der Waals surface area contributed by atoms with Crippen molar-refractivity contribution in [2.24, 2.45) is 5.92 Å². The van der Waals surface area contributed by atoms with Crippen molar-refractivity contribution in [2.45, 2.75) is 39.3 Å². The van der Waals surface area contributed by atoms with Crippen LogP contribution in [-0.4, -0.2) is 33.8 Å². The first-order chi connectivity index (χ1) is 16.4. The van der Waals surface area contributed by atoms with E-state index in [1.54, 1.807) is 30.7 Å². The monoisotopic (exact) mass is 462 g/mol. The van der Waals surface area contributed by atoms with E-state index in [4.69, 9.17) is 9.47 Å². The zero-order valence-electron chi connectivity index (χ0n) is 19.1. The van der Waals surface area contributed by atoms with Crippen molar-refractivity contribution < 1.29 is 19.2 Å². The van der Waals surface area contributed by atoms with Crippen LogP contribution in [0.2, 0.25) is 0 Å². The number of ether oxygens (including phenoxy) is 2. The van der Waals surface area contributed by atoms with Crippen molar-refractivity contribution in [1.82, 2.24) is 15.1 Å². The van der Waals surface area contributed by atoms with E-state index in [-0.39, 0.29) is 17.6 Å². The standard InChI is InChI=1S/C25H26N4O5/c1-15-24(29(31)32)16(2)28(27-15)14-17-3-5-19(6-4-17)25(30)26-23(18-7-8-18)20-9-10-21-22(13-20)34-12-11-33-21/h3-6,9-10,13,18,23H,7-8,11-12,14H2,1-2H3,(H,26,30). The van der Waals surface area contributed by atoms with Gasteiger partial charge in [0.1, 0.15) is 24.6 Å². The highest BCUT2D eigenvalue weighted by Crippen LogP contribution is 2.43. The summed E-state index contributed by atoms with van der Waals surface area (Å²) in [4.78, 5) is 23.9. The predicted octanol–water partition coefficient (Wildman–Crippen LogP) is 4.11. The molecule has 1 fully saturated rings. The van der Waals surface area contributed by atoms with Gasteiger partial charge in [-0.3, -0.25) is 19.6 Å². The van der Waals surface area contributed by atoms with Crippen LogP contribution in [0.4, 0.5) is 5.69 Å². The van der Waals surface area contributed by atoms with Gasteiger partial charge in [-0.05, 0) is 68.0 Å². The fourth-order valence-electron chi connectivity index (χ4n) is 4.42. The Bertz CT molecular complexity index is 1250. The second-order valence-electron chi connectivity index (χ2n) is 8.82. The highest BCUT2D eigenvalue weighted by molar-refractivity contribution is 5.94. The molecule has 1 amide bonds. The van der Waals surface area contributed by atoms with E-state index >= 15 is 0 Å². The van der Waals surface area contributed by atoms with Gasteiger partial charge in [0, 0.05) is 5.56 Å². The molecule has 1 atom stereocenters. The number of hydrogen-bond acceptors (Lipinski definition) is 6. The second kappa shape index (κ2) is 8.81. The van der Waals surface area contributed by atoms with E-state index < -0.39 is 4.92 Å². The molecular formula is C25H26N4O5. The molecule has 1 saturated carbocycles. The Balaban J connectivity index is 1.29. The van der Waals surface area contributed by atoms with Gasteiger partial charge in [0.25, 0.3) is 5.91 Å². The van der Waals surface area contributed by atoms with Gasteiger partial charge in [0.15, 0.2) is 11.5 Å². The normalized spacial score (nSPS) is 15.6. The van der Waals surface area contributed by atoms with Crippen LogP contribution >= 0.6 is 0 Å². The average molecular weight is 463 g/mol. The maximum absolute atomic E-state index is 13.0. The number of aromatic nitrogens is 2. The summed E-state index contributed by atoms with van der Waals surface area (Å²) in [6.45, 7) is 4.78. The molecule has 34 heavy (non-hydrogen) atoms. The van der Waals surface area contributed by atoms with Gasteiger partial charge >= 0.3 is 5.69 Å². The number of nitrogens with zero attached hydrogens (tertiary/aromatic N) is 3. The number of aryl methyl sites for hydroxylation is 1. The molecule has 1 aliphatic heterocycles. The third-order valence-corrected chi connectivity index (χ3v) is 6.38. The van der Waals surface area contributed by atoms with Crippen LogP contribution in [0, 0.1) is 29.9 Å². The van der Waals surface area contributed by atoms with Crippen molar-refractivity contribution in [3.63, 3.8) is 0 Å². The van der Waals surface area contributed by atoms with E-state index in [1.165, 1.54) is 0 Å². The molecule has 2 aliphatic rings. The lowest BCUT2D eigenvalue weighted by Gasteiger charge is -2.23. The summed E-state index contributed by atoms with van der Waals surface area (Å²) in [5.74, 6) is 1.73. The van der Waals surface area contributed by atoms with Gasteiger partial charge in [-0.2, -0.15) is 5.10 Å². The molecule has 2 aromatic carbocycles. The molecule has 0 bridgehead atoms. The van der Waals surface area contributed by atoms with E-state index in [0.29, 0.717) is 42.6 Å². The Hall–Kier alpha value is -3.88. The molecule has 2 heterocycles. The zero-order valence-corrected chi connectivity index (χ0v) is 19.1. The highest BCUT2D eigenvalue weighted by Gasteiger charge is 2.34. The van der Waals surface area contributed by atoms with Gasteiger partial charge in [-0.1, -0.05) is 18.2 Å².